The highest BCUT2D eigenvalue weighted by Crippen LogP contribution is 2.44. The highest BCUT2D eigenvalue weighted by atomic mass is 19.3. The van der Waals surface area contributed by atoms with Crippen molar-refractivity contribution in [1.82, 2.24) is 5.32 Å². The Kier molecular flexibility index (Phi) is 4.11. The smallest absolute Gasteiger partial charge is 0.352 e. The van der Waals surface area contributed by atoms with Crippen molar-refractivity contribution in [2.24, 2.45) is 0 Å². The van der Waals surface area contributed by atoms with E-state index in [1.54, 1.807) is 0 Å². The Morgan fingerprint density at radius 1 is 1.32 bits per heavy atom. The van der Waals surface area contributed by atoms with Gasteiger partial charge < -0.3 is 15.2 Å². The molecule has 0 bridgehead atoms. The van der Waals surface area contributed by atoms with Crippen LogP contribution in [0, 0.1) is 0 Å². The fraction of sp³-hybridized carbons (Fsp3) is 0.923. The van der Waals surface area contributed by atoms with E-state index >= 15 is 0 Å². The summed E-state index contributed by atoms with van der Waals surface area (Å²) in [5.74, 6) is -5.09. The Morgan fingerprint density at radius 3 is 2.47 bits per heavy atom. The van der Waals surface area contributed by atoms with Crippen LogP contribution in [-0.2, 0) is 9.53 Å². The molecule has 2 saturated carbocycles. The van der Waals surface area contributed by atoms with Gasteiger partial charge in [-0.25, -0.2) is 0 Å². The summed E-state index contributed by atoms with van der Waals surface area (Å²) in [6.07, 6.45) is 3.53. The molecule has 2 atom stereocenters. The third-order valence-electron chi connectivity index (χ3n) is 4.37. The van der Waals surface area contributed by atoms with Crippen molar-refractivity contribution in [1.29, 1.82) is 0 Å². The first-order valence-corrected chi connectivity index (χ1v) is 6.85. The molecule has 0 aromatic carbocycles. The predicted molar refractivity (Wildman–Crippen MR) is 64.9 cm³/mol. The van der Waals surface area contributed by atoms with Gasteiger partial charge in [0, 0.05) is 7.11 Å². The minimum absolute atomic E-state index is 0.0220. The van der Waals surface area contributed by atoms with Gasteiger partial charge in [-0.05, 0) is 32.1 Å². The molecule has 0 saturated heterocycles. The summed E-state index contributed by atoms with van der Waals surface area (Å²) < 4.78 is 33.1. The first-order chi connectivity index (χ1) is 8.90. The molecular weight excluding hydrogens is 256 g/mol. The van der Waals surface area contributed by atoms with Crippen LogP contribution < -0.4 is 5.32 Å². The molecule has 2 aliphatic rings. The van der Waals surface area contributed by atoms with Crippen molar-refractivity contribution in [2.45, 2.75) is 68.6 Å². The van der Waals surface area contributed by atoms with E-state index in [9.17, 15) is 18.7 Å². The van der Waals surface area contributed by atoms with Gasteiger partial charge in [0.25, 0.3) is 5.91 Å². The molecule has 0 aromatic heterocycles. The fourth-order valence-corrected chi connectivity index (χ4v) is 2.84. The van der Waals surface area contributed by atoms with Crippen molar-refractivity contribution in [3.05, 3.63) is 0 Å². The topological polar surface area (TPSA) is 58.6 Å². The minimum Gasteiger partial charge on any atom is -0.383 e. The van der Waals surface area contributed by atoms with Crippen LogP contribution in [0.1, 0.15) is 44.9 Å². The Hall–Kier alpha value is -0.750. The van der Waals surface area contributed by atoms with E-state index in [4.69, 9.17) is 4.74 Å². The first kappa shape index (κ1) is 14.7. The van der Waals surface area contributed by atoms with Gasteiger partial charge in [0.2, 0.25) is 0 Å². The zero-order valence-electron chi connectivity index (χ0n) is 11.1. The maximum atomic E-state index is 13.9. The molecule has 19 heavy (non-hydrogen) atoms. The lowest BCUT2D eigenvalue weighted by molar-refractivity contribution is -0.217. The molecule has 2 rings (SSSR count). The van der Waals surface area contributed by atoms with Crippen LogP contribution in [0.15, 0.2) is 0 Å². The molecule has 0 radical (unpaired) electrons. The summed E-state index contributed by atoms with van der Waals surface area (Å²) in [5, 5.41) is 12.1. The Balaban J connectivity index is 1.99. The number of ether oxygens (including phenoxy) is 1. The average Bonchev–Trinajstić information content (AvgIpc) is 2.36. The molecule has 110 valence electrons. The predicted octanol–water partition coefficient (Wildman–Crippen LogP) is 1.61. The molecule has 0 aromatic rings. The highest BCUT2D eigenvalue weighted by Gasteiger charge is 2.61. The fourth-order valence-electron chi connectivity index (χ4n) is 2.84. The molecule has 0 spiro atoms. The van der Waals surface area contributed by atoms with Gasteiger partial charge in [-0.2, -0.15) is 8.78 Å². The van der Waals surface area contributed by atoms with E-state index in [1.165, 1.54) is 7.11 Å². The molecule has 4 nitrogen and oxygen atoms in total. The minimum atomic E-state index is -3.72. The van der Waals surface area contributed by atoms with Gasteiger partial charge in [-0.1, -0.05) is 12.8 Å². The van der Waals surface area contributed by atoms with E-state index < -0.39 is 17.4 Å². The van der Waals surface area contributed by atoms with Crippen LogP contribution in [0.25, 0.3) is 0 Å². The van der Waals surface area contributed by atoms with Crippen LogP contribution in [0.5, 0.6) is 0 Å². The van der Waals surface area contributed by atoms with Gasteiger partial charge in [0.1, 0.15) is 5.60 Å². The Labute approximate surface area is 111 Å². The van der Waals surface area contributed by atoms with Gasteiger partial charge >= 0.3 is 5.92 Å². The summed E-state index contributed by atoms with van der Waals surface area (Å²) in [6.45, 7) is 0. The second-order valence-corrected chi connectivity index (χ2v) is 5.60. The quantitative estimate of drug-likeness (QED) is 0.821. The van der Waals surface area contributed by atoms with E-state index in [-0.39, 0.29) is 25.0 Å². The van der Waals surface area contributed by atoms with Crippen LogP contribution in [0.4, 0.5) is 8.78 Å². The van der Waals surface area contributed by atoms with Crippen molar-refractivity contribution in [3.63, 3.8) is 0 Å². The number of rotatable bonds is 4. The van der Waals surface area contributed by atoms with Crippen LogP contribution in [0.2, 0.25) is 0 Å². The van der Waals surface area contributed by atoms with Crippen molar-refractivity contribution >= 4 is 5.91 Å². The van der Waals surface area contributed by atoms with E-state index in [0.717, 1.165) is 19.3 Å². The molecule has 6 heteroatoms. The van der Waals surface area contributed by atoms with Crippen molar-refractivity contribution in [2.75, 3.05) is 7.11 Å². The molecule has 2 fully saturated rings. The number of nitrogens with one attached hydrogen (secondary N) is 1. The van der Waals surface area contributed by atoms with Crippen LogP contribution in [0.3, 0.4) is 0 Å². The second-order valence-electron chi connectivity index (χ2n) is 5.60. The first-order valence-electron chi connectivity index (χ1n) is 6.85. The third-order valence-corrected chi connectivity index (χ3v) is 4.37. The average molecular weight is 277 g/mol. The molecule has 0 heterocycles. The molecule has 2 aliphatic carbocycles. The lowest BCUT2D eigenvalue weighted by Crippen LogP contribution is -2.63. The number of hydrogen-bond acceptors (Lipinski definition) is 3. The zero-order valence-corrected chi connectivity index (χ0v) is 11.1. The number of carbonyl (C=O) groups is 1. The van der Waals surface area contributed by atoms with Gasteiger partial charge in [0.15, 0.2) is 0 Å². The molecule has 0 unspecified atom stereocenters. The monoisotopic (exact) mass is 277 g/mol. The summed E-state index contributed by atoms with van der Waals surface area (Å²) in [5.41, 5.74) is -2.16. The Bertz CT molecular complexity index is 345. The summed E-state index contributed by atoms with van der Waals surface area (Å²) in [6, 6.07) is -0.388. The molecule has 1 amide bonds. The summed E-state index contributed by atoms with van der Waals surface area (Å²) >= 11 is 0. The van der Waals surface area contributed by atoms with E-state index in [2.05, 4.69) is 5.32 Å². The normalized spacial score (nSPS) is 30.5. The van der Waals surface area contributed by atoms with Gasteiger partial charge in [0.05, 0.1) is 12.1 Å². The van der Waals surface area contributed by atoms with E-state index in [1.807, 2.05) is 0 Å². The number of amides is 1. The van der Waals surface area contributed by atoms with Crippen molar-refractivity contribution in [3.8, 4) is 0 Å². The summed E-state index contributed by atoms with van der Waals surface area (Å²) in [7, 11) is 1.52. The molecule has 0 aliphatic heterocycles. The maximum absolute atomic E-state index is 13.9. The maximum Gasteiger partial charge on any atom is 0.352 e. The second kappa shape index (κ2) is 5.32. The lowest BCUT2D eigenvalue weighted by Gasteiger charge is -2.42. The lowest BCUT2D eigenvalue weighted by atomic mass is 9.75. The summed E-state index contributed by atoms with van der Waals surface area (Å²) in [4.78, 5) is 11.8. The van der Waals surface area contributed by atoms with Crippen LogP contribution in [-0.4, -0.2) is 41.8 Å². The Morgan fingerprint density at radius 2 is 1.95 bits per heavy atom. The highest BCUT2D eigenvalue weighted by molar-refractivity contribution is 5.85. The van der Waals surface area contributed by atoms with Gasteiger partial charge in [-0.15, -0.1) is 0 Å². The van der Waals surface area contributed by atoms with Crippen molar-refractivity contribution < 1.29 is 23.4 Å². The number of carbonyl (C=O) groups excluding carboxylic acids is 1. The number of hydrogen-bond donors (Lipinski definition) is 2. The molecular formula is C13H21F2NO3. The number of methoxy groups -OCH3 is 1. The number of halogens is 2. The largest absolute Gasteiger partial charge is 0.383 e. The zero-order chi connectivity index (χ0) is 14.1. The number of alkyl halides is 2. The van der Waals surface area contributed by atoms with E-state index in [0.29, 0.717) is 12.8 Å². The SMILES string of the molecule is CO[C@H]1CCCC[C@H]1NC(=O)C(F)(F)C1(O)CCC1. The standard InChI is InChI=1S/C13H21F2NO3/c1-19-10-6-3-2-5-9(10)16-11(17)13(14,15)12(18)7-4-8-12/h9-10,18H,2-8H2,1H3,(H,16,17)/t9-,10+/m1/s1. The van der Waals surface area contributed by atoms with Crippen LogP contribution >= 0.6 is 0 Å². The number of aliphatic hydroxyl groups is 1. The molecule has 2 N–H and O–H groups in total. The third kappa shape index (κ3) is 2.60. The van der Waals surface area contributed by atoms with Gasteiger partial charge in [-0.3, -0.25) is 4.79 Å².